The van der Waals surface area contributed by atoms with Crippen molar-refractivity contribution < 1.29 is 14.3 Å². The van der Waals surface area contributed by atoms with Gasteiger partial charge in [-0.05, 0) is 38.5 Å². The maximum absolute atomic E-state index is 12.9. The summed E-state index contributed by atoms with van der Waals surface area (Å²) >= 11 is 0. The minimum atomic E-state index is -0.711. The van der Waals surface area contributed by atoms with E-state index in [4.69, 9.17) is 4.74 Å². The van der Waals surface area contributed by atoms with Crippen molar-refractivity contribution in [2.75, 3.05) is 6.61 Å². The lowest BCUT2D eigenvalue weighted by molar-refractivity contribution is -0.161. The van der Waals surface area contributed by atoms with Crippen molar-refractivity contribution in [1.82, 2.24) is 4.90 Å². The van der Waals surface area contributed by atoms with Crippen LogP contribution in [0.3, 0.4) is 0 Å². The predicted octanol–water partition coefficient (Wildman–Crippen LogP) is 3.00. The van der Waals surface area contributed by atoms with Crippen LogP contribution in [0.4, 0.5) is 0 Å². The van der Waals surface area contributed by atoms with E-state index < -0.39 is 11.3 Å². The molecule has 1 amide bonds. The third-order valence-electron chi connectivity index (χ3n) is 4.15. The first-order chi connectivity index (χ1) is 9.23. The number of hydrogen-bond donors (Lipinski definition) is 0. The van der Waals surface area contributed by atoms with Gasteiger partial charge in [-0.1, -0.05) is 27.7 Å². The van der Waals surface area contributed by atoms with Gasteiger partial charge in [0.2, 0.25) is 5.91 Å². The maximum atomic E-state index is 12.9. The quantitative estimate of drug-likeness (QED) is 0.588. The Balaban J connectivity index is 3.01. The Kier molecular flexibility index (Phi) is 5.60. The van der Waals surface area contributed by atoms with Gasteiger partial charge in [-0.2, -0.15) is 0 Å². The molecule has 0 N–H and O–H groups in total. The molecule has 0 aromatic rings. The predicted molar refractivity (Wildman–Crippen MR) is 79.2 cm³/mol. The molecule has 4 heteroatoms. The van der Waals surface area contributed by atoms with Gasteiger partial charge in [-0.15, -0.1) is 0 Å². The molecule has 20 heavy (non-hydrogen) atoms. The van der Waals surface area contributed by atoms with Gasteiger partial charge in [0.1, 0.15) is 5.92 Å². The summed E-state index contributed by atoms with van der Waals surface area (Å²) in [5.74, 6) is -1.16. The molecule has 1 fully saturated rings. The van der Waals surface area contributed by atoms with Crippen LogP contribution in [0.25, 0.3) is 0 Å². The molecule has 4 nitrogen and oxygen atoms in total. The van der Waals surface area contributed by atoms with Crippen molar-refractivity contribution in [1.29, 1.82) is 0 Å². The van der Waals surface area contributed by atoms with Crippen molar-refractivity contribution in [3.8, 4) is 0 Å². The van der Waals surface area contributed by atoms with Gasteiger partial charge in [0.15, 0.2) is 0 Å². The van der Waals surface area contributed by atoms with Crippen molar-refractivity contribution in [2.45, 2.75) is 72.9 Å². The van der Waals surface area contributed by atoms with Crippen LogP contribution in [0, 0.1) is 11.3 Å². The van der Waals surface area contributed by atoms with E-state index >= 15 is 0 Å². The lowest BCUT2D eigenvalue weighted by Gasteiger charge is -2.35. The van der Waals surface area contributed by atoms with E-state index in [9.17, 15) is 9.59 Å². The van der Waals surface area contributed by atoms with Crippen LogP contribution >= 0.6 is 0 Å². The number of rotatable bonds is 4. The number of carbonyl (C=O) groups excluding carboxylic acids is 2. The van der Waals surface area contributed by atoms with Gasteiger partial charge in [-0.3, -0.25) is 9.59 Å². The number of likely N-dealkylation sites (tertiary alicyclic amines) is 1. The van der Waals surface area contributed by atoms with E-state index in [0.29, 0.717) is 6.61 Å². The Morgan fingerprint density at radius 2 is 1.85 bits per heavy atom. The Labute approximate surface area is 122 Å². The Hall–Kier alpha value is -1.06. The molecule has 0 aliphatic carbocycles. The summed E-state index contributed by atoms with van der Waals surface area (Å²) in [6, 6.07) is 0.475. The normalized spacial score (nSPS) is 24.6. The second-order valence-corrected chi connectivity index (χ2v) is 6.79. The van der Waals surface area contributed by atoms with E-state index in [0.717, 1.165) is 19.3 Å². The molecule has 3 atom stereocenters. The zero-order valence-corrected chi connectivity index (χ0v) is 13.7. The minimum Gasteiger partial charge on any atom is -0.465 e. The van der Waals surface area contributed by atoms with E-state index in [1.165, 1.54) is 0 Å². The smallest absolute Gasteiger partial charge is 0.319 e. The highest BCUT2D eigenvalue weighted by Gasteiger charge is 2.45. The monoisotopic (exact) mass is 283 g/mol. The Morgan fingerprint density at radius 3 is 2.30 bits per heavy atom. The maximum Gasteiger partial charge on any atom is 0.319 e. The molecule has 1 saturated heterocycles. The highest BCUT2D eigenvalue weighted by atomic mass is 16.5. The molecule has 1 rings (SSSR count). The molecule has 0 aromatic carbocycles. The second-order valence-electron chi connectivity index (χ2n) is 6.79. The van der Waals surface area contributed by atoms with Gasteiger partial charge in [0, 0.05) is 12.1 Å². The van der Waals surface area contributed by atoms with E-state index in [2.05, 4.69) is 13.8 Å². The van der Waals surface area contributed by atoms with Crippen LogP contribution < -0.4 is 0 Å². The molecular weight excluding hydrogens is 254 g/mol. The third-order valence-corrected chi connectivity index (χ3v) is 4.15. The summed E-state index contributed by atoms with van der Waals surface area (Å²) in [6.07, 6.45) is 2.99. The number of amides is 1. The fourth-order valence-corrected chi connectivity index (χ4v) is 3.07. The zero-order valence-electron chi connectivity index (χ0n) is 13.7. The highest BCUT2D eigenvalue weighted by Crippen LogP contribution is 2.34. The largest absolute Gasteiger partial charge is 0.465 e. The standard InChI is InChI=1S/C16H29NO3/c1-7-12-10-9-11(3)17(12)14(18)13(16(4,5)6)15(19)20-8-2/h11-13H,7-10H2,1-6H3. The van der Waals surface area contributed by atoms with Crippen LogP contribution in [-0.4, -0.2) is 35.5 Å². The fourth-order valence-electron chi connectivity index (χ4n) is 3.07. The highest BCUT2D eigenvalue weighted by molar-refractivity contribution is 5.99. The molecule has 116 valence electrons. The topological polar surface area (TPSA) is 46.6 Å². The molecule has 0 spiro atoms. The molecular formula is C16H29NO3. The number of esters is 1. The van der Waals surface area contributed by atoms with Gasteiger partial charge in [0.05, 0.1) is 6.61 Å². The molecule has 0 saturated carbocycles. The molecule has 1 heterocycles. The SMILES string of the molecule is CCOC(=O)C(C(=O)N1C(C)CCC1CC)C(C)(C)C. The van der Waals surface area contributed by atoms with E-state index in [1.807, 2.05) is 25.7 Å². The number of hydrogen-bond acceptors (Lipinski definition) is 3. The second kappa shape index (κ2) is 6.59. The first-order valence-corrected chi connectivity index (χ1v) is 7.72. The minimum absolute atomic E-state index is 0.0622. The van der Waals surface area contributed by atoms with Crippen LogP contribution in [0.1, 0.15) is 60.8 Å². The van der Waals surface area contributed by atoms with Crippen molar-refractivity contribution in [3.63, 3.8) is 0 Å². The number of carbonyl (C=O) groups is 2. The first kappa shape index (κ1) is 17.0. The summed E-state index contributed by atoms with van der Waals surface area (Å²) in [4.78, 5) is 27.1. The van der Waals surface area contributed by atoms with Crippen molar-refractivity contribution in [3.05, 3.63) is 0 Å². The summed E-state index contributed by atoms with van der Waals surface area (Å²) in [6.45, 7) is 12.0. The van der Waals surface area contributed by atoms with Crippen LogP contribution in [0.5, 0.6) is 0 Å². The average Bonchev–Trinajstić information content (AvgIpc) is 2.68. The Bertz CT molecular complexity index is 359. The summed E-state index contributed by atoms with van der Waals surface area (Å²) in [5.41, 5.74) is -0.427. The van der Waals surface area contributed by atoms with Crippen molar-refractivity contribution >= 4 is 11.9 Å². The van der Waals surface area contributed by atoms with Gasteiger partial charge < -0.3 is 9.64 Å². The summed E-state index contributed by atoms with van der Waals surface area (Å²) in [5, 5.41) is 0. The number of ether oxygens (including phenoxy) is 1. The first-order valence-electron chi connectivity index (χ1n) is 7.72. The molecule has 1 aliphatic rings. The number of nitrogens with zero attached hydrogens (tertiary/aromatic N) is 1. The lowest BCUT2D eigenvalue weighted by atomic mass is 9.79. The Morgan fingerprint density at radius 1 is 1.25 bits per heavy atom. The molecule has 0 aromatic heterocycles. The van der Waals surface area contributed by atoms with Gasteiger partial charge >= 0.3 is 5.97 Å². The van der Waals surface area contributed by atoms with Crippen LogP contribution in [0.2, 0.25) is 0 Å². The van der Waals surface area contributed by atoms with E-state index in [-0.39, 0.29) is 24.0 Å². The molecule has 3 unspecified atom stereocenters. The summed E-state index contributed by atoms with van der Waals surface area (Å²) in [7, 11) is 0. The van der Waals surface area contributed by atoms with Crippen molar-refractivity contribution in [2.24, 2.45) is 11.3 Å². The molecule has 0 bridgehead atoms. The lowest BCUT2D eigenvalue weighted by Crippen LogP contribution is -2.49. The third kappa shape index (κ3) is 3.53. The fraction of sp³-hybridized carbons (Fsp3) is 0.875. The zero-order chi connectivity index (χ0) is 15.5. The summed E-state index contributed by atoms with van der Waals surface area (Å²) < 4.78 is 5.13. The van der Waals surface area contributed by atoms with Crippen LogP contribution in [0.15, 0.2) is 0 Å². The molecule has 0 radical (unpaired) electrons. The van der Waals surface area contributed by atoms with Gasteiger partial charge in [0.25, 0.3) is 0 Å². The van der Waals surface area contributed by atoms with Crippen LogP contribution in [-0.2, 0) is 14.3 Å². The molecule has 1 aliphatic heterocycles. The van der Waals surface area contributed by atoms with Gasteiger partial charge in [-0.25, -0.2) is 0 Å². The average molecular weight is 283 g/mol. The van der Waals surface area contributed by atoms with E-state index in [1.54, 1.807) is 6.92 Å².